The van der Waals surface area contributed by atoms with Gasteiger partial charge in [-0.1, -0.05) is 267 Å². The van der Waals surface area contributed by atoms with Crippen LogP contribution < -0.4 is 0 Å². The SMILES string of the molecule is c1ccc(-c2cccc(-c3cc(-c4ccc(-c5nc(-c6cccc(-c7cccc(-c8ccccc8-c8ccccc8)c7)c6)nc(-c6cccc(-c7cccc(-n8c9ccccc9c9ccccc98)c7)c6)n5)cc4)cc(-c4cccc5c4oc4ccccc45)c3)c2)cc1. The summed E-state index contributed by atoms with van der Waals surface area (Å²) >= 11 is 0. The molecule has 0 spiro atoms. The predicted molar refractivity (Wildman–Crippen MR) is 381 cm³/mol. The molecule has 0 unspecified atom stereocenters. The first-order valence-electron chi connectivity index (χ1n) is 31.2. The molecule has 17 aromatic rings. The van der Waals surface area contributed by atoms with E-state index in [1.807, 2.05) is 12.1 Å². The largest absolute Gasteiger partial charge is 0.455 e. The Labute approximate surface area is 533 Å². The molecule has 0 aliphatic rings. The first-order valence-corrected chi connectivity index (χ1v) is 31.2. The number of nitrogens with zero attached hydrogens (tertiary/aromatic N) is 4. The summed E-state index contributed by atoms with van der Waals surface area (Å²) in [5.74, 6) is 1.73. The van der Waals surface area contributed by atoms with Crippen LogP contribution in [-0.2, 0) is 0 Å². The van der Waals surface area contributed by atoms with Crippen molar-refractivity contribution >= 4 is 43.7 Å². The highest BCUT2D eigenvalue weighted by Gasteiger charge is 2.19. The zero-order valence-electron chi connectivity index (χ0n) is 50.0. The molecule has 0 aliphatic carbocycles. The predicted octanol–water partition coefficient (Wildman–Crippen LogP) is 23.2. The lowest BCUT2D eigenvalue weighted by atomic mass is 9.91. The molecule has 5 heteroatoms. The van der Waals surface area contributed by atoms with E-state index in [4.69, 9.17) is 19.4 Å². The fraction of sp³-hybridized carbons (Fsp3) is 0. The Morgan fingerprint density at radius 3 is 1.20 bits per heavy atom. The van der Waals surface area contributed by atoms with E-state index in [1.54, 1.807) is 0 Å². The summed E-state index contributed by atoms with van der Waals surface area (Å²) < 4.78 is 9.04. The van der Waals surface area contributed by atoms with Gasteiger partial charge in [-0.05, 0) is 156 Å². The van der Waals surface area contributed by atoms with Gasteiger partial charge < -0.3 is 8.98 Å². The van der Waals surface area contributed by atoms with E-state index in [0.29, 0.717) is 17.5 Å². The number of fused-ring (bicyclic) bond motifs is 6. The number of hydrogen-bond donors (Lipinski definition) is 0. The molecule has 92 heavy (non-hydrogen) atoms. The second kappa shape index (κ2) is 23.0. The van der Waals surface area contributed by atoms with E-state index in [0.717, 1.165) is 111 Å². The van der Waals surface area contributed by atoms with Gasteiger partial charge in [0, 0.05) is 49.5 Å². The smallest absolute Gasteiger partial charge is 0.164 e. The molecule has 0 fully saturated rings. The van der Waals surface area contributed by atoms with Gasteiger partial charge in [0.05, 0.1) is 11.0 Å². The summed E-state index contributed by atoms with van der Waals surface area (Å²) in [6.07, 6.45) is 0. The van der Waals surface area contributed by atoms with Crippen molar-refractivity contribution in [2.75, 3.05) is 0 Å². The van der Waals surface area contributed by atoms with E-state index >= 15 is 0 Å². The lowest BCUT2D eigenvalue weighted by molar-refractivity contribution is 0.670. The molecule has 0 saturated carbocycles. The molecule has 5 nitrogen and oxygen atoms in total. The highest BCUT2D eigenvalue weighted by molar-refractivity contribution is 6.11. The molecular formula is C87H56N4O. The minimum atomic E-state index is 0.573. The highest BCUT2D eigenvalue weighted by Crippen LogP contribution is 2.42. The van der Waals surface area contributed by atoms with Crippen LogP contribution in [0.15, 0.2) is 344 Å². The van der Waals surface area contributed by atoms with Crippen LogP contribution in [-0.4, -0.2) is 19.5 Å². The minimum absolute atomic E-state index is 0.573. The van der Waals surface area contributed by atoms with Crippen LogP contribution in [0, 0.1) is 0 Å². The number of furan rings is 1. The quantitative estimate of drug-likeness (QED) is 0.122. The van der Waals surface area contributed by atoms with Crippen LogP contribution in [0.2, 0.25) is 0 Å². The van der Waals surface area contributed by atoms with Gasteiger partial charge in [-0.3, -0.25) is 0 Å². The Morgan fingerprint density at radius 2 is 0.565 bits per heavy atom. The Balaban J connectivity index is 0.780. The third-order valence-corrected chi connectivity index (χ3v) is 17.8. The first-order chi connectivity index (χ1) is 45.6. The first kappa shape index (κ1) is 53.9. The van der Waals surface area contributed by atoms with Crippen molar-refractivity contribution in [1.29, 1.82) is 0 Å². The standard InChI is InChI=1S/C87H56N4O/c1-3-21-57(22-4-1)61-25-15-29-65(49-61)71-53-70(54-72(55-71)76-40-20-41-80-79-39-11-14-44-83(79)92-84(76)80)58-45-47-60(48-46-58)85-88-86(68-32-17-27-63(51-68)62-26-16-31-67(50-62)75-36-8-7-35-74(75)59-23-5-2-6-24-59)90-87(89-85)69-33-18-28-64(52-69)66-30-19-34-73(56-66)91-81-42-12-9-37-77(81)78-38-10-13-43-82(78)91/h1-56H. The van der Waals surface area contributed by atoms with Crippen molar-refractivity contribution in [1.82, 2.24) is 19.5 Å². The molecule has 17 rings (SSSR count). The van der Waals surface area contributed by atoms with Crippen LogP contribution in [0.5, 0.6) is 0 Å². The average Bonchev–Trinajstić information content (AvgIpc) is 1.60. The lowest BCUT2D eigenvalue weighted by Gasteiger charge is -2.14. The molecule has 0 amide bonds. The normalized spacial score (nSPS) is 11.5. The fourth-order valence-electron chi connectivity index (χ4n) is 13.3. The fourth-order valence-corrected chi connectivity index (χ4v) is 13.3. The Morgan fingerprint density at radius 1 is 0.207 bits per heavy atom. The molecule has 0 bridgehead atoms. The van der Waals surface area contributed by atoms with Gasteiger partial charge >= 0.3 is 0 Å². The number of hydrogen-bond acceptors (Lipinski definition) is 4. The Kier molecular flexibility index (Phi) is 13.5. The monoisotopic (exact) mass is 1170 g/mol. The molecule has 0 saturated heterocycles. The highest BCUT2D eigenvalue weighted by atomic mass is 16.3. The summed E-state index contributed by atoms with van der Waals surface area (Å²) in [7, 11) is 0. The molecule has 0 aliphatic heterocycles. The second-order valence-corrected chi connectivity index (χ2v) is 23.5. The van der Waals surface area contributed by atoms with Gasteiger partial charge in [0.15, 0.2) is 17.5 Å². The van der Waals surface area contributed by atoms with Gasteiger partial charge in [-0.2, -0.15) is 0 Å². The summed E-state index contributed by atoms with van der Waals surface area (Å²) in [6, 6.07) is 121. The number of para-hydroxylation sites is 4. The topological polar surface area (TPSA) is 56.7 Å². The summed E-state index contributed by atoms with van der Waals surface area (Å²) in [5, 5.41) is 4.65. The molecule has 0 radical (unpaired) electrons. The zero-order valence-corrected chi connectivity index (χ0v) is 50.0. The number of aromatic nitrogens is 4. The Bertz CT molecular complexity index is 5590. The second-order valence-electron chi connectivity index (χ2n) is 23.5. The van der Waals surface area contributed by atoms with Crippen LogP contribution in [0.3, 0.4) is 0 Å². The third kappa shape index (κ3) is 10.0. The molecule has 3 heterocycles. The molecule has 3 aromatic heterocycles. The lowest BCUT2D eigenvalue weighted by Crippen LogP contribution is -2.00. The van der Waals surface area contributed by atoms with Gasteiger partial charge in [0.1, 0.15) is 11.2 Å². The van der Waals surface area contributed by atoms with Crippen molar-refractivity contribution in [2.45, 2.75) is 0 Å². The maximum atomic E-state index is 6.68. The third-order valence-electron chi connectivity index (χ3n) is 17.8. The van der Waals surface area contributed by atoms with Crippen molar-refractivity contribution in [3.8, 4) is 129 Å². The molecule has 14 aromatic carbocycles. The van der Waals surface area contributed by atoms with Crippen LogP contribution in [0.1, 0.15) is 0 Å². The van der Waals surface area contributed by atoms with Crippen molar-refractivity contribution in [3.63, 3.8) is 0 Å². The van der Waals surface area contributed by atoms with Crippen molar-refractivity contribution in [2.24, 2.45) is 0 Å². The minimum Gasteiger partial charge on any atom is -0.455 e. The van der Waals surface area contributed by atoms with Gasteiger partial charge in [0.2, 0.25) is 0 Å². The number of benzene rings is 14. The van der Waals surface area contributed by atoms with Crippen molar-refractivity contribution < 1.29 is 4.42 Å². The maximum Gasteiger partial charge on any atom is 0.164 e. The van der Waals surface area contributed by atoms with Crippen molar-refractivity contribution in [3.05, 3.63) is 340 Å². The number of rotatable bonds is 12. The van der Waals surface area contributed by atoms with E-state index in [9.17, 15) is 0 Å². The summed E-state index contributed by atoms with van der Waals surface area (Å²) in [5.41, 5.74) is 25.6. The van der Waals surface area contributed by atoms with E-state index in [-0.39, 0.29) is 0 Å². The van der Waals surface area contributed by atoms with Gasteiger partial charge in [-0.25, -0.2) is 15.0 Å². The zero-order chi connectivity index (χ0) is 60.9. The maximum absolute atomic E-state index is 6.68. The van der Waals surface area contributed by atoms with Gasteiger partial charge in [0.25, 0.3) is 0 Å². The van der Waals surface area contributed by atoms with E-state index < -0.39 is 0 Å². The molecular weight excluding hydrogens is 1120 g/mol. The molecule has 430 valence electrons. The average molecular weight is 1170 g/mol. The summed E-state index contributed by atoms with van der Waals surface area (Å²) in [6.45, 7) is 0. The van der Waals surface area contributed by atoms with E-state index in [1.165, 1.54) is 44.1 Å². The van der Waals surface area contributed by atoms with Crippen LogP contribution in [0.25, 0.3) is 173 Å². The Hall–Kier alpha value is -12.3. The molecule has 0 N–H and O–H groups in total. The molecule has 0 atom stereocenters. The van der Waals surface area contributed by atoms with Gasteiger partial charge in [-0.15, -0.1) is 0 Å². The van der Waals surface area contributed by atoms with E-state index in [2.05, 4.69) is 332 Å². The van der Waals surface area contributed by atoms with Crippen LogP contribution >= 0.6 is 0 Å². The van der Waals surface area contributed by atoms with Crippen LogP contribution in [0.4, 0.5) is 0 Å². The summed E-state index contributed by atoms with van der Waals surface area (Å²) in [4.78, 5) is 16.1.